The summed E-state index contributed by atoms with van der Waals surface area (Å²) in [6.07, 6.45) is 5.44. The van der Waals surface area contributed by atoms with Crippen LogP contribution in [0.1, 0.15) is 39.0 Å². The highest BCUT2D eigenvalue weighted by Crippen LogP contribution is 2.22. The molecular formula is C11H21NO3. The predicted octanol–water partition coefficient (Wildman–Crippen LogP) is 1.40. The summed E-state index contributed by atoms with van der Waals surface area (Å²) in [6.45, 7) is 2.38. The van der Waals surface area contributed by atoms with Crippen molar-refractivity contribution in [2.45, 2.75) is 50.7 Å². The third-order valence-electron chi connectivity index (χ3n) is 3.25. The van der Waals surface area contributed by atoms with Crippen LogP contribution in [0, 0.1) is 0 Å². The van der Waals surface area contributed by atoms with Gasteiger partial charge in [-0.25, -0.2) is 0 Å². The van der Waals surface area contributed by atoms with Crippen LogP contribution < -0.4 is 5.32 Å². The van der Waals surface area contributed by atoms with Crippen LogP contribution in [0.4, 0.5) is 0 Å². The van der Waals surface area contributed by atoms with Crippen LogP contribution in [-0.4, -0.2) is 36.4 Å². The number of hydrogen-bond donors (Lipinski definition) is 2. The van der Waals surface area contributed by atoms with Crippen molar-refractivity contribution in [3.63, 3.8) is 0 Å². The Bertz CT molecular complexity index is 216. The first kappa shape index (κ1) is 12.5. The number of carboxylic acid groups (broad SMARTS) is 1. The number of ether oxygens (including phenoxy) is 1. The Balaban J connectivity index is 2.13. The smallest absolute Gasteiger partial charge is 0.323 e. The van der Waals surface area contributed by atoms with Gasteiger partial charge in [0, 0.05) is 6.61 Å². The van der Waals surface area contributed by atoms with E-state index in [0.717, 1.165) is 6.42 Å². The minimum atomic E-state index is -0.816. The molecule has 2 N–H and O–H groups in total. The molecule has 15 heavy (non-hydrogen) atoms. The standard InChI is InChI=1S/C11H21NO3/c1-11(12-2,10(13)14)7-4-8-15-9-5-3-6-9/h9,12H,3-8H2,1-2H3,(H,13,14). The summed E-state index contributed by atoms with van der Waals surface area (Å²) in [7, 11) is 1.68. The number of likely N-dealkylation sites (N-methyl/N-ethyl adjacent to an activating group) is 1. The number of carbonyl (C=O) groups is 1. The molecule has 0 aromatic carbocycles. The number of nitrogens with one attached hydrogen (secondary N) is 1. The van der Waals surface area contributed by atoms with Gasteiger partial charge in [0.25, 0.3) is 0 Å². The molecule has 4 nitrogen and oxygen atoms in total. The predicted molar refractivity (Wildman–Crippen MR) is 57.9 cm³/mol. The van der Waals surface area contributed by atoms with Crippen LogP contribution in [-0.2, 0) is 9.53 Å². The average molecular weight is 215 g/mol. The van der Waals surface area contributed by atoms with Gasteiger partial charge in [-0.2, -0.15) is 0 Å². The first-order valence-corrected chi connectivity index (χ1v) is 5.62. The van der Waals surface area contributed by atoms with E-state index in [2.05, 4.69) is 5.32 Å². The molecule has 0 heterocycles. The van der Waals surface area contributed by atoms with Crippen LogP contribution >= 0.6 is 0 Å². The highest BCUT2D eigenvalue weighted by Gasteiger charge is 2.30. The van der Waals surface area contributed by atoms with Crippen LogP contribution in [0.15, 0.2) is 0 Å². The summed E-state index contributed by atoms with van der Waals surface area (Å²) in [5, 5.41) is 11.8. The van der Waals surface area contributed by atoms with Crippen molar-refractivity contribution in [2.75, 3.05) is 13.7 Å². The molecule has 88 valence electrons. The zero-order valence-electron chi connectivity index (χ0n) is 9.58. The minimum Gasteiger partial charge on any atom is -0.480 e. The molecule has 1 rings (SSSR count). The molecule has 1 aliphatic carbocycles. The molecule has 1 aliphatic rings. The fraction of sp³-hybridized carbons (Fsp3) is 0.909. The summed E-state index contributed by atoms with van der Waals surface area (Å²) in [6, 6.07) is 0. The van der Waals surface area contributed by atoms with Gasteiger partial charge in [0.1, 0.15) is 5.54 Å². The van der Waals surface area contributed by atoms with E-state index in [0.29, 0.717) is 19.1 Å². The molecule has 0 bridgehead atoms. The van der Waals surface area contributed by atoms with Gasteiger partial charge in [0.05, 0.1) is 6.10 Å². The van der Waals surface area contributed by atoms with Gasteiger partial charge in [-0.1, -0.05) is 0 Å². The second kappa shape index (κ2) is 5.47. The molecule has 0 amide bonds. The van der Waals surface area contributed by atoms with Gasteiger partial charge < -0.3 is 15.2 Å². The Morgan fingerprint density at radius 3 is 2.67 bits per heavy atom. The molecule has 0 aromatic heterocycles. The van der Waals surface area contributed by atoms with Crippen molar-refractivity contribution >= 4 is 5.97 Å². The first-order chi connectivity index (χ1) is 7.08. The molecule has 1 fully saturated rings. The SMILES string of the molecule is CNC(C)(CCCOC1CCC1)C(=O)O. The zero-order chi connectivity index (χ0) is 11.3. The maximum atomic E-state index is 10.9. The average Bonchev–Trinajstić information content (AvgIpc) is 2.14. The van der Waals surface area contributed by atoms with Gasteiger partial charge in [-0.05, 0) is 46.1 Å². The molecule has 1 saturated carbocycles. The lowest BCUT2D eigenvalue weighted by Gasteiger charge is -2.27. The van der Waals surface area contributed by atoms with Crippen molar-refractivity contribution in [1.29, 1.82) is 0 Å². The first-order valence-electron chi connectivity index (χ1n) is 5.62. The van der Waals surface area contributed by atoms with E-state index in [1.165, 1.54) is 19.3 Å². The fourth-order valence-electron chi connectivity index (χ4n) is 1.55. The van der Waals surface area contributed by atoms with Crippen LogP contribution in [0.2, 0.25) is 0 Å². The molecular weight excluding hydrogens is 194 g/mol. The van der Waals surface area contributed by atoms with Gasteiger partial charge in [-0.3, -0.25) is 4.79 Å². The normalized spacial score (nSPS) is 20.7. The van der Waals surface area contributed by atoms with Crippen LogP contribution in [0.5, 0.6) is 0 Å². The third kappa shape index (κ3) is 3.47. The lowest BCUT2D eigenvalue weighted by Crippen LogP contribution is -2.47. The van der Waals surface area contributed by atoms with Crippen LogP contribution in [0.3, 0.4) is 0 Å². The van der Waals surface area contributed by atoms with E-state index in [1.54, 1.807) is 14.0 Å². The Hall–Kier alpha value is -0.610. The van der Waals surface area contributed by atoms with Crippen molar-refractivity contribution in [1.82, 2.24) is 5.32 Å². The minimum absolute atomic E-state index is 0.440. The molecule has 0 radical (unpaired) electrons. The van der Waals surface area contributed by atoms with Gasteiger partial charge in [-0.15, -0.1) is 0 Å². The van der Waals surface area contributed by atoms with E-state index in [9.17, 15) is 4.79 Å². The van der Waals surface area contributed by atoms with Gasteiger partial charge in [0.2, 0.25) is 0 Å². The molecule has 0 aromatic rings. The van der Waals surface area contributed by atoms with Crippen molar-refractivity contribution in [3.8, 4) is 0 Å². The van der Waals surface area contributed by atoms with E-state index in [4.69, 9.17) is 9.84 Å². The Morgan fingerprint density at radius 1 is 1.60 bits per heavy atom. The highest BCUT2D eigenvalue weighted by atomic mass is 16.5. The van der Waals surface area contributed by atoms with Gasteiger partial charge in [0.15, 0.2) is 0 Å². The van der Waals surface area contributed by atoms with Crippen molar-refractivity contribution < 1.29 is 14.6 Å². The summed E-state index contributed by atoms with van der Waals surface area (Å²) in [5.74, 6) is -0.798. The Morgan fingerprint density at radius 2 is 2.27 bits per heavy atom. The number of aliphatic carboxylic acids is 1. The second-order valence-corrected chi connectivity index (χ2v) is 4.41. The second-order valence-electron chi connectivity index (χ2n) is 4.41. The summed E-state index contributed by atoms with van der Waals surface area (Å²) < 4.78 is 5.58. The number of carboxylic acids is 1. The molecule has 1 unspecified atom stereocenters. The van der Waals surface area contributed by atoms with E-state index < -0.39 is 11.5 Å². The monoisotopic (exact) mass is 215 g/mol. The molecule has 1 atom stereocenters. The summed E-state index contributed by atoms with van der Waals surface area (Å²) in [5.41, 5.74) is -0.816. The summed E-state index contributed by atoms with van der Waals surface area (Å²) >= 11 is 0. The fourth-order valence-corrected chi connectivity index (χ4v) is 1.55. The number of rotatable bonds is 7. The van der Waals surface area contributed by atoms with E-state index in [1.807, 2.05) is 0 Å². The quantitative estimate of drug-likeness (QED) is 0.630. The molecule has 0 aliphatic heterocycles. The molecule has 0 spiro atoms. The highest BCUT2D eigenvalue weighted by molar-refractivity contribution is 5.78. The lowest BCUT2D eigenvalue weighted by molar-refractivity contribution is -0.144. The van der Waals surface area contributed by atoms with Crippen molar-refractivity contribution in [3.05, 3.63) is 0 Å². The molecule has 0 saturated heterocycles. The maximum absolute atomic E-state index is 10.9. The molecule has 4 heteroatoms. The van der Waals surface area contributed by atoms with E-state index >= 15 is 0 Å². The van der Waals surface area contributed by atoms with Crippen molar-refractivity contribution in [2.24, 2.45) is 0 Å². The topological polar surface area (TPSA) is 58.6 Å². The van der Waals surface area contributed by atoms with E-state index in [-0.39, 0.29) is 0 Å². The largest absolute Gasteiger partial charge is 0.480 e. The maximum Gasteiger partial charge on any atom is 0.323 e. The lowest BCUT2D eigenvalue weighted by atomic mass is 9.95. The Labute approximate surface area is 91.0 Å². The summed E-state index contributed by atoms with van der Waals surface area (Å²) in [4.78, 5) is 10.9. The number of hydrogen-bond acceptors (Lipinski definition) is 3. The Kier molecular flexibility index (Phi) is 4.54. The van der Waals surface area contributed by atoms with Crippen LogP contribution in [0.25, 0.3) is 0 Å². The van der Waals surface area contributed by atoms with Gasteiger partial charge >= 0.3 is 5.97 Å². The zero-order valence-corrected chi connectivity index (χ0v) is 9.58. The third-order valence-corrected chi connectivity index (χ3v) is 3.25.